The van der Waals surface area contributed by atoms with E-state index >= 15 is 0 Å². The van der Waals surface area contributed by atoms with Gasteiger partial charge in [0.05, 0.1) is 18.5 Å². The first-order valence-corrected chi connectivity index (χ1v) is 3.14. The molecule has 0 aliphatic carbocycles. The zero-order chi connectivity index (χ0) is 6.69. The van der Waals surface area contributed by atoms with E-state index in [0.717, 1.165) is 18.7 Å². The van der Waals surface area contributed by atoms with E-state index < -0.39 is 0 Å². The van der Waals surface area contributed by atoms with Crippen molar-refractivity contribution in [2.45, 2.75) is 18.9 Å². The van der Waals surface area contributed by atoms with E-state index in [1.807, 2.05) is 0 Å². The van der Waals surface area contributed by atoms with Gasteiger partial charge < -0.3 is 10.5 Å². The van der Waals surface area contributed by atoms with Crippen LogP contribution in [0, 0.1) is 0 Å². The summed E-state index contributed by atoms with van der Waals surface area (Å²) in [5.41, 5.74) is 5.45. The Morgan fingerprint density at radius 3 is 2.90 bits per heavy atom. The molecule has 0 bridgehead atoms. The van der Waals surface area contributed by atoms with Gasteiger partial charge in [-0.15, -0.1) is 12.4 Å². The lowest BCUT2D eigenvalue weighted by molar-refractivity contribution is 0.181. The summed E-state index contributed by atoms with van der Waals surface area (Å²) in [7, 11) is 1.68. The maximum absolute atomic E-state index is 5.45. The molecule has 1 rings (SSSR count). The molecule has 10 heavy (non-hydrogen) atoms. The Morgan fingerprint density at radius 2 is 2.50 bits per heavy atom. The molecule has 2 N–H and O–H groups in total. The maximum atomic E-state index is 5.45. The van der Waals surface area contributed by atoms with E-state index in [0.29, 0.717) is 12.6 Å². The minimum absolute atomic E-state index is 0. The average Bonchev–Trinajstić information content (AvgIpc) is 2.17. The van der Waals surface area contributed by atoms with E-state index in [9.17, 15) is 0 Å². The van der Waals surface area contributed by atoms with E-state index in [1.54, 1.807) is 7.11 Å². The Balaban J connectivity index is 0.000000810. The van der Waals surface area contributed by atoms with E-state index in [1.165, 1.54) is 0 Å². The molecule has 0 aromatic carbocycles. The van der Waals surface area contributed by atoms with Gasteiger partial charge in [-0.2, -0.15) is 0 Å². The van der Waals surface area contributed by atoms with Crippen molar-refractivity contribution >= 4 is 18.2 Å². The minimum Gasteiger partial charge on any atom is -0.387 e. The molecule has 0 unspecified atom stereocenters. The van der Waals surface area contributed by atoms with Crippen molar-refractivity contribution < 1.29 is 4.74 Å². The van der Waals surface area contributed by atoms with Crippen molar-refractivity contribution in [1.82, 2.24) is 0 Å². The Hall–Kier alpha value is -0.280. The van der Waals surface area contributed by atoms with E-state index in [4.69, 9.17) is 10.5 Å². The third-order valence-electron chi connectivity index (χ3n) is 1.44. The predicted octanol–water partition coefficient (Wildman–Crippen LogP) is 0.574. The van der Waals surface area contributed by atoms with Crippen LogP contribution in [0.15, 0.2) is 4.99 Å². The molecule has 0 saturated carbocycles. The van der Waals surface area contributed by atoms with Crippen LogP contribution >= 0.6 is 12.4 Å². The van der Waals surface area contributed by atoms with Gasteiger partial charge in [-0.25, -0.2) is 0 Å². The number of aliphatic imine (C=N–C) groups is 1. The molecule has 3 nitrogen and oxygen atoms in total. The third kappa shape index (κ3) is 2.54. The average molecular weight is 165 g/mol. The van der Waals surface area contributed by atoms with Crippen LogP contribution < -0.4 is 5.73 Å². The van der Waals surface area contributed by atoms with Gasteiger partial charge >= 0.3 is 0 Å². The molecule has 0 spiro atoms. The molecule has 0 aromatic heterocycles. The third-order valence-corrected chi connectivity index (χ3v) is 1.44. The normalized spacial score (nSPS) is 23.7. The lowest BCUT2D eigenvalue weighted by atomic mass is 10.2. The van der Waals surface area contributed by atoms with Gasteiger partial charge in [0.25, 0.3) is 0 Å². The molecule has 60 valence electrons. The highest BCUT2D eigenvalue weighted by atomic mass is 35.5. The summed E-state index contributed by atoms with van der Waals surface area (Å²) >= 11 is 0. The van der Waals surface area contributed by atoms with Gasteiger partial charge in [-0.3, -0.25) is 4.99 Å². The van der Waals surface area contributed by atoms with E-state index in [-0.39, 0.29) is 12.4 Å². The molecule has 0 saturated heterocycles. The summed E-state index contributed by atoms with van der Waals surface area (Å²) in [6.45, 7) is 0.709. The molecule has 0 radical (unpaired) electrons. The zero-order valence-electron chi connectivity index (χ0n) is 6.04. The van der Waals surface area contributed by atoms with Crippen molar-refractivity contribution in [2.75, 3.05) is 13.7 Å². The fourth-order valence-electron chi connectivity index (χ4n) is 0.991. The summed E-state index contributed by atoms with van der Waals surface area (Å²) in [6.07, 6.45) is 1.99. The highest BCUT2D eigenvalue weighted by Crippen LogP contribution is 2.09. The number of nitrogens with zero attached hydrogens (tertiary/aromatic N) is 1. The van der Waals surface area contributed by atoms with Gasteiger partial charge in [-0.1, -0.05) is 0 Å². The largest absolute Gasteiger partial charge is 0.387 e. The van der Waals surface area contributed by atoms with Crippen molar-refractivity contribution in [3.05, 3.63) is 0 Å². The number of amidine groups is 1. The summed E-state index contributed by atoms with van der Waals surface area (Å²) in [6, 6.07) is 0.329. The Kier molecular flexibility index (Phi) is 4.40. The second-order valence-electron chi connectivity index (χ2n) is 2.27. The Morgan fingerprint density at radius 1 is 1.80 bits per heavy atom. The zero-order valence-corrected chi connectivity index (χ0v) is 6.86. The molecule has 1 aliphatic rings. The topological polar surface area (TPSA) is 47.6 Å². The standard InChI is InChI=1S/C6H12N2O.ClH/c1-9-4-5-2-3-6(7)8-5;/h5H,2-4H2,1H3,(H2,7,8);1H/t5-;/m1./s1. The Bertz CT molecular complexity index is 127. The van der Waals surface area contributed by atoms with Gasteiger partial charge in [0.15, 0.2) is 0 Å². The summed E-state index contributed by atoms with van der Waals surface area (Å²) in [5, 5.41) is 0. The van der Waals surface area contributed by atoms with Crippen LogP contribution in [0.3, 0.4) is 0 Å². The molecule has 0 aromatic rings. The molecular formula is C6H13ClN2O. The van der Waals surface area contributed by atoms with E-state index in [2.05, 4.69) is 4.99 Å². The number of halogens is 1. The molecule has 1 aliphatic heterocycles. The monoisotopic (exact) mass is 164 g/mol. The number of nitrogens with two attached hydrogens (primary N) is 1. The van der Waals surface area contributed by atoms with Crippen LogP contribution in [0.1, 0.15) is 12.8 Å². The van der Waals surface area contributed by atoms with Crippen LogP contribution in [-0.4, -0.2) is 25.6 Å². The van der Waals surface area contributed by atoms with Gasteiger partial charge in [-0.05, 0) is 6.42 Å². The highest BCUT2D eigenvalue weighted by Gasteiger charge is 2.13. The molecular weight excluding hydrogens is 152 g/mol. The minimum atomic E-state index is 0. The number of rotatable bonds is 2. The number of hydrogen-bond donors (Lipinski definition) is 1. The lowest BCUT2D eigenvalue weighted by Gasteiger charge is -2.01. The van der Waals surface area contributed by atoms with Gasteiger partial charge in [0.1, 0.15) is 0 Å². The second kappa shape index (κ2) is 4.52. The van der Waals surface area contributed by atoms with Gasteiger partial charge in [0, 0.05) is 13.5 Å². The smallest absolute Gasteiger partial charge is 0.0942 e. The molecule has 0 fully saturated rings. The van der Waals surface area contributed by atoms with Crippen molar-refractivity contribution in [3.8, 4) is 0 Å². The second-order valence-corrected chi connectivity index (χ2v) is 2.27. The molecule has 4 heteroatoms. The van der Waals surface area contributed by atoms with Crippen molar-refractivity contribution in [3.63, 3.8) is 0 Å². The fourth-order valence-corrected chi connectivity index (χ4v) is 0.991. The number of methoxy groups -OCH3 is 1. The van der Waals surface area contributed by atoms with Gasteiger partial charge in [0.2, 0.25) is 0 Å². The first-order valence-electron chi connectivity index (χ1n) is 3.14. The number of ether oxygens (including phenoxy) is 1. The highest BCUT2D eigenvalue weighted by molar-refractivity contribution is 5.85. The number of hydrogen-bond acceptors (Lipinski definition) is 3. The first-order chi connectivity index (χ1) is 4.33. The van der Waals surface area contributed by atoms with Crippen LogP contribution in [0.4, 0.5) is 0 Å². The lowest BCUT2D eigenvalue weighted by Crippen LogP contribution is -2.08. The maximum Gasteiger partial charge on any atom is 0.0942 e. The van der Waals surface area contributed by atoms with Crippen LogP contribution in [-0.2, 0) is 4.74 Å². The first kappa shape index (κ1) is 9.72. The fraction of sp³-hybridized carbons (Fsp3) is 0.833. The SMILES string of the molecule is COC[C@H]1CCC(N)=N1.Cl. The summed E-state index contributed by atoms with van der Waals surface area (Å²) < 4.78 is 4.91. The predicted molar refractivity (Wildman–Crippen MR) is 43.8 cm³/mol. The quantitative estimate of drug-likeness (QED) is 0.649. The molecule has 1 atom stereocenters. The van der Waals surface area contributed by atoms with Crippen LogP contribution in [0.2, 0.25) is 0 Å². The summed E-state index contributed by atoms with van der Waals surface area (Å²) in [5.74, 6) is 0.775. The van der Waals surface area contributed by atoms with Crippen LogP contribution in [0.5, 0.6) is 0 Å². The molecule has 0 amide bonds. The van der Waals surface area contributed by atoms with Crippen molar-refractivity contribution in [2.24, 2.45) is 10.7 Å². The van der Waals surface area contributed by atoms with Crippen LogP contribution in [0.25, 0.3) is 0 Å². The van der Waals surface area contributed by atoms with Crippen molar-refractivity contribution in [1.29, 1.82) is 0 Å². The Labute approximate surface area is 67.1 Å². The molecule has 1 heterocycles. The summed E-state index contributed by atoms with van der Waals surface area (Å²) in [4.78, 5) is 4.15.